The predicted octanol–water partition coefficient (Wildman–Crippen LogP) is 1.65. The Kier molecular flexibility index (Phi) is 3.24. The Hall–Kier alpha value is -0.580. The van der Waals surface area contributed by atoms with Crippen molar-refractivity contribution in [2.45, 2.75) is 23.0 Å². The van der Waals surface area contributed by atoms with E-state index in [9.17, 15) is 8.42 Å². The van der Waals surface area contributed by atoms with Crippen molar-refractivity contribution in [2.24, 2.45) is 0 Å². The van der Waals surface area contributed by atoms with E-state index in [1.54, 1.807) is 18.2 Å². The summed E-state index contributed by atoms with van der Waals surface area (Å²) in [6.45, 7) is 0.714. The number of benzene rings is 1. The van der Waals surface area contributed by atoms with Crippen LogP contribution in [0.2, 0.25) is 5.02 Å². The minimum absolute atomic E-state index is 0.298. The molecule has 5 heteroatoms. The first-order valence-corrected chi connectivity index (χ1v) is 7.15. The van der Waals surface area contributed by atoms with Crippen LogP contribution in [-0.2, 0) is 16.3 Å². The fourth-order valence-electron chi connectivity index (χ4n) is 2.08. The predicted molar refractivity (Wildman–Crippen MR) is 64.7 cm³/mol. The zero-order chi connectivity index (χ0) is 11.8. The fraction of sp³-hybridized carbons (Fsp3) is 0.455. The van der Waals surface area contributed by atoms with E-state index in [0.717, 1.165) is 5.56 Å². The highest BCUT2D eigenvalue weighted by Crippen LogP contribution is 2.34. The molecule has 0 aromatic heterocycles. The molecular formula is C11H14ClNO2S. The zero-order valence-corrected chi connectivity index (χ0v) is 10.6. The van der Waals surface area contributed by atoms with Gasteiger partial charge in [0.05, 0.1) is 10.1 Å². The number of hydrogen-bond acceptors (Lipinski definition) is 3. The fourth-order valence-corrected chi connectivity index (χ4v) is 4.23. The topological polar surface area (TPSA) is 46.2 Å². The van der Waals surface area contributed by atoms with Crippen molar-refractivity contribution < 1.29 is 8.42 Å². The van der Waals surface area contributed by atoms with Crippen molar-refractivity contribution in [3.63, 3.8) is 0 Å². The van der Waals surface area contributed by atoms with Crippen molar-refractivity contribution in [2.75, 3.05) is 13.6 Å². The molecule has 1 aliphatic rings. The lowest BCUT2D eigenvalue weighted by Crippen LogP contribution is -2.22. The highest BCUT2D eigenvalue weighted by molar-refractivity contribution is 7.92. The van der Waals surface area contributed by atoms with Gasteiger partial charge in [0.15, 0.2) is 9.84 Å². The molecule has 3 nitrogen and oxygen atoms in total. The van der Waals surface area contributed by atoms with Gasteiger partial charge in [-0.05, 0) is 50.2 Å². The van der Waals surface area contributed by atoms with Crippen LogP contribution >= 0.6 is 11.6 Å². The average Bonchev–Trinajstić information content (AvgIpc) is 2.47. The Morgan fingerprint density at radius 2 is 2.25 bits per heavy atom. The third-order valence-electron chi connectivity index (χ3n) is 2.93. The first-order chi connectivity index (χ1) is 7.55. The van der Waals surface area contributed by atoms with E-state index in [4.69, 9.17) is 11.6 Å². The molecule has 0 radical (unpaired) electrons. The van der Waals surface area contributed by atoms with Gasteiger partial charge in [0.2, 0.25) is 0 Å². The quantitative estimate of drug-likeness (QED) is 0.898. The molecule has 0 saturated carbocycles. The molecule has 0 aliphatic carbocycles. The maximum atomic E-state index is 12.1. The second-order valence-corrected chi connectivity index (χ2v) is 6.65. The van der Waals surface area contributed by atoms with E-state index in [1.807, 2.05) is 7.05 Å². The molecule has 16 heavy (non-hydrogen) atoms. The molecule has 1 aromatic carbocycles. The summed E-state index contributed by atoms with van der Waals surface area (Å²) in [6.07, 6.45) is 1.23. The van der Waals surface area contributed by atoms with E-state index < -0.39 is 9.84 Å². The normalized spacial score (nSPS) is 22.0. The maximum absolute atomic E-state index is 12.1. The molecule has 0 amide bonds. The first kappa shape index (κ1) is 11.9. The lowest BCUT2D eigenvalue weighted by molar-refractivity contribution is 0.575. The van der Waals surface area contributed by atoms with E-state index in [0.29, 0.717) is 29.3 Å². The molecule has 1 unspecified atom stereocenters. The summed E-state index contributed by atoms with van der Waals surface area (Å²) < 4.78 is 24.3. The standard InChI is InChI=1S/C11H14ClNO2S/c1-13-5-4-10-7-8-6-9(12)2-3-11(8)16(10,14)15/h2-3,6,10,13H,4-5,7H2,1H3. The van der Waals surface area contributed by atoms with E-state index >= 15 is 0 Å². The molecule has 1 aliphatic heterocycles. The second kappa shape index (κ2) is 4.35. The third kappa shape index (κ3) is 1.97. The molecule has 0 bridgehead atoms. The summed E-state index contributed by atoms with van der Waals surface area (Å²) in [5, 5.41) is 3.28. The van der Waals surface area contributed by atoms with Crippen LogP contribution in [-0.4, -0.2) is 27.3 Å². The molecule has 1 heterocycles. The number of fused-ring (bicyclic) bond motifs is 1. The average molecular weight is 260 g/mol. The molecule has 0 saturated heterocycles. The highest BCUT2D eigenvalue weighted by atomic mass is 35.5. The largest absolute Gasteiger partial charge is 0.320 e. The van der Waals surface area contributed by atoms with Gasteiger partial charge in [-0.15, -0.1) is 0 Å². The molecule has 2 rings (SSSR count). The molecule has 0 fully saturated rings. The molecule has 1 atom stereocenters. The van der Waals surface area contributed by atoms with Crippen molar-refractivity contribution in [3.05, 3.63) is 28.8 Å². The van der Waals surface area contributed by atoms with Crippen LogP contribution in [0.4, 0.5) is 0 Å². The lowest BCUT2D eigenvalue weighted by atomic mass is 10.1. The number of nitrogens with one attached hydrogen (secondary N) is 1. The minimum atomic E-state index is -3.13. The summed E-state index contributed by atoms with van der Waals surface area (Å²) >= 11 is 5.86. The summed E-state index contributed by atoms with van der Waals surface area (Å²) in [7, 11) is -1.31. The molecular weight excluding hydrogens is 246 g/mol. The van der Waals surface area contributed by atoms with E-state index in [1.165, 1.54) is 0 Å². The Labute approximate surface area is 101 Å². The molecule has 0 spiro atoms. The maximum Gasteiger partial charge on any atom is 0.181 e. The Balaban J connectivity index is 2.34. The van der Waals surface area contributed by atoms with Crippen LogP contribution in [0.3, 0.4) is 0 Å². The Morgan fingerprint density at radius 1 is 1.50 bits per heavy atom. The summed E-state index contributed by atoms with van der Waals surface area (Å²) in [5.74, 6) is 0. The van der Waals surface area contributed by atoms with Gasteiger partial charge >= 0.3 is 0 Å². The van der Waals surface area contributed by atoms with Gasteiger partial charge in [0.1, 0.15) is 0 Å². The number of sulfone groups is 1. The van der Waals surface area contributed by atoms with Gasteiger partial charge in [-0.25, -0.2) is 8.42 Å². The van der Waals surface area contributed by atoms with Crippen molar-refractivity contribution in [3.8, 4) is 0 Å². The van der Waals surface area contributed by atoms with E-state index in [-0.39, 0.29) is 5.25 Å². The molecule has 1 aromatic rings. The highest BCUT2D eigenvalue weighted by Gasteiger charge is 2.36. The molecule has 88 valence electrons. The summed E-state index contributed by atoms with van der Waals surface area (Å²) in [4.78, 5) is 0.456. The Bertz CT molecular complexity index is 499. The van der Waals surface area contributed by atoms with Crippen LogP contribution in [0.1, 0.15) is 12.0 Å². The number of rotatable bonds is 3. The molecule has 1 N–H and O–H groups in total. The van der Waals surface area contributed by atoms with Gasteiger partial charge in [0, 0.05) is 5.02 Å². The van der Waals surface area contributed by atoms with E-state index in [2.05, 4.69) is 5.32 Å². The van der Waals surface area contributed by atoms with Crippen LogP contribution < -0.4 is 5.32 Å². The van der Waals surface area contributed by atoms with Gasteiger partial charge in [-0.1, -0.05) is 11.6 Å². The van der Waals surface area contributed by atoms with Gasteiger partial charge in [-0.2, -0.15) is 0 Å². The Morgan fingerprint density at radius 3 is 2.94 bits per heavy atom. The lowest BCUT2D eigenvalue weighted by Gasteiger charge is -2.08. The second-order valence-electron chi connectivity index (χ2n) is 4.02. The van der Waals surface area contributed by atoms with Gasteiger partial charge < -0.3 is 5.32 Å². The van der Waals surface area contributed by atoms with Crippen molar-refractivity contribution in [1.29, 1.82) is 0 Å². The van der Waals surface area contributed by atoms with Gasteiger partial charge in [-0.3, -0.25) is 0 Å². The minimum Gasteiger partial charge on any atom is -0.320 e. The van der Waals surface area contributed by atoms with Crippen molar-refractivity contribution >= 4 is 21.4 Å². The van der Waals surface area contributed by atoms with Gasteiger partial charge in [0.25, 0.3) is 0 Å². The van der Waals surface area contributed by atoms with Crippen molar-refractivity contribution in [1.82, 2.24) is 5.32 Å². The zero-order valence-electron chi connectivity index (χ0n) is 9.03. The summed E-state index contributed by atoms with van der Waals surface area (Å²) in [6, 6.07) is 5.01. The number of halogens is 1. The van der Waals surface area contributed by atoms with Crippen LogP contribution in [0.5, 0.6) is 0 Å². The SMILES string of the molecule is CNCCC1Cc2cc(Cl)ccc2S1(=O)=O. The monoisotopic (exact) mass is 259 g/mol. The first-order valence-electron chi connectivity index (χ1n) is 5.22. The van der Waals surface area contributed by atoms with Crippen LogP contribution in [0.15, 0.2) is 23.1 Å². The van der Waals surface area contributed by atoms with Crippen LogP contribution in [0, 0.1) is 0 Å². The smallest absolute Gasteiger partial charge is 0.181 e. The van der Waals surface area contributed by atoms with Crippen LogP contribution in [0.25, 0.3) is 0 Å². The summed E-state index contributed by atoms with van der Waals surface area (Å²) in [5.41, 5.74) is 0.855. The number of hydrogen-bond donors (Lipinski definition) is 1. The third-order valence-corrected chi connectivity index (χ3v) is 5.46.